The van der Waals surface area contributed by atoms with Gasteiger partial charge >= 0.3 is 0 Å². The van der Waals surface area contributed by atoms with Gasteiger partial charge in [-0.15, -0.1) is 12.6 Å². The van der Waals surface area contributed by atoms with Gasteiger partial charge in [-0.05, 0) is 37.9 Å². The third kappa shape index (κ3) is 1.95. The zero-order valence-electron chi connectivity index (χ0n) is 4.31. The average Bonchev–Trinajstić information content (AvgIpc) is 1.80. The molecule has 0 N–H and O–H groups in total. The lowest BCUT2D eigenvalue weighted by Gasteiger charge is -1.93. The van der Waals surface area contributed by atoms with E-state index in [0.717, 1.165) is 14.0 Å². The van der Waals surface area contributed by atoms with E-state index in [1.165, 1.54) is 0 Å². The topological polar surface area (TPSA) is 12.9 Å². The van der Waals surface area contributed by atoms with Crippen molar-refractivity contribution in [3.05, 3.63) is 21.3 Å². The molecular weight excluding hydrogens is 266 g/mol. The van der Waals surface area contributed by atoms with Crippen LogP contribution in [0.25, 0.3) is 0 Å². The molecule has 0 aromatic carbocycles. The van der Waals surface area contributed by atoms with E-state index in [2.05, 4.69) is 49.5 Å². The first-order chi connectivity index (χ1) is 4.20. The molecule has 48 valence electrons. The molecular formula is C5H3Br2NS. The van der Waals surface area contributed by atoms with Crippen LogP contribution in [0.2, 0.25) is 0 Å². The summed E-state index contributed by atoms with van der Waals surface area (Å²) in [5.41, 5.74) is 0. The summed E-state index contributed by atoms with van der Waals surface area (Å²) in [5, 5.41) is 0. The van der Waals surface area contributed by atoms with Gasteiger partial charge in [0, 0.05) is 15.6 Å². The van der Waals surface area contributed by atoms with E-state index >= 15 is 0 Å². The monoisotopic (exact) mass is 267 g/mol. The Hall–Kier alpha value is 0.460. The first-order valence-corrected chi connectivity index (χ1v) is 4.23. The van der Waals surface area contributed by atoms with Crippen LogP contribution in [-0.4, -0.2) is 4.98 Å². The number of hydrogen-bond donors (Lipinski definition) is 1. The zero-order chi connectivity index (χ0) is 6.85. The van der Waals surface area contributed by atoms with Gasteiger partial charge in [-0.3, -0.25) is 0 Å². The Morgan fingerprint density at radius 2 is 2.11 bits per heavy atom. The molecule has 0 atom stereocenters. The van der Waals surface area contributed by atoms with E-state index in [9.17, 15) is 0 Å². The predicted molar refractivity (Wildman–Crippen MR) is 46.9 cm³/mol. The van der Waals surface area contributed by atoms with Crippen LogP contribution < -0.4 is 0 Å². The van der Waals surface area contributed by atoms with E-state index in [1.807, 2.05) is 6.07 Å². The van der Waals surface area contributed by atoms with E-state index in [0.29, 0.717) is 0 Å². The second-order valence-corrected chi connectivity index (χ2v) is 3.61. The van der Waals surface area contributed by atoms with Crippen molar-refractivity contribution in [3.63, 3.8) is 0 Å². The predicted octanol–water partition coefficient (Wildman–Crippen LogP) is 2.90. The van der Waals surface area contributed by atoms with Crippen LogP contribution in [0.15, 0.2) is 26.2 Å². The quantitative estimate of drug-likeness (QED) is 0.564. The van der Waals surface area contributed by atoms with Crippen molar-refractivity contribution in [3.8, 4) is 0 Å². The molecule has 4 heteroatoms. The Bertz CT molecular complexity index is 226. The Labute approximate surface area is 75.5 Å². The smallest absolute Gasteiger partial charge is 0.119 e. The standard InChI is InChI=1S/C5H3Br2NS/c6-3-1-4(9)5(7)8-2-3/h1-2,9H. The van der Waals surface area contributed by atoms with Crippen molar-refractivity contribution in [2.75, 3.05) is 0 Å². The lowest BCUT2D eigenvalue weighted by molar-refractivity contribution is 1.17. The Morgan fingerprint density at radius 1 is 1.44 bits per heavy atom. The molecule has 1 aromatic heterocycles. The fraction of sp³-hybridized carbons (Fsp3) is 0. The average molecular weight is 269 g/mol. The first kappa shape index (κ1) is 7.57. The maximum Gasteiger partial charge on any atom is 0.119 e. The highest BCUT2D eigenvalue weighted by Crippen LogP contribution is 2.20. The number of halogens is 2. The summed E-state index contributed by atoms with van der Waals surface area (Å²) in [6, 6.07) is 1.88. The summed E-state index contributed by atoms with van der Waals surface area (Å²) >= 11 is 10.6. The highest BCUT2D eigenvalue weighted by atomic mass is 79.9. The van der Waals surface area contributed by atoms with Crippen molar-refractivity contribution in [1.29, 1.82) is 0 Å². The highest BCUT2D eigenvalue weighted by molar-refractivity contribution is 9.11. The maximum atomic E-state index is 4.13. The number of hydrogen-bond acceptors (Lipinski definition) is 2. The second kappa shape index (κ2) is 3.03. The van der Waals surface area contributed by atoms with Crippen LogP contribution in [0.4, 0.5) is 0 Å². The van der Waals surface area contributed by atoms with Crippen molar-refractivity contribution >= 4 is 44.5 Å². The van der Waals surface area contributed by atoms with Crippen LogP contribution in [0, 0.1) is 0 Å². The first-order valence-electron chi connectivity index (χ1n) is 2.20. The van der Waals surface area contributed by atoms with Crippen LogP contribution in [0.1, 0.15) is 0 Å². The number of rotatable bonds is 0. The minimum absolute atomic E-state index is 0.772. The summed E-state index contributed by atoms with van der Waals surface area (Å²) in [5.74, 6) is 0. The van der Waals surface area contributed by atoms with Crippen molar-refractivity contribution in [2.45, 2.75) is 4.90 Å². The van der Waals surface area contributed by atoms with Crippen molar-refractivity contribution in [2.24, 2.45) is 0 Å². The van der Waals surface area contributed by atoms with Gasteiger partial charge in [-0.2, -0.15) is 0 Å². The Kier molecular flexibility index (Phi) is 2.55. The van der Waals surface area contributed by atoms with Gasteiger partial charge in [0.25, 0.3) is 0 Å². The SMILES string of the molecule is Sc1cc(Br)cnc1Br. The fourth-order valence-electron chi connectivity index (χ4n) is 0.412. The molecule has 0 fully saturated rings. The van der Waals surface area contributed by atoms with Crippen LogP contribution in [0.3, 0.4) is 0 Å². The Morgan fingerprint density at radius 3 is 2.56 bits per heavy atom. The molecule has 1 aromatic rings. The van der Waals surface area contributed by atoms with Gasteiger partial charge in [0.15, 0.2) is 0 Å². The molecule has 0 spiro atoms. The normalized spacial score (nSPS) is 9.67. The molecule has 0 aliphatic rings. The van der Waals surface area contributed by atoms with Gasteiger partial charge in [0.05, 0.1) is 0 Å². The third-order valence-electron chi connectivity index (χ3n) is 0.787. The summed E-state index contributed by atoms with van der Waals surface area (Å²) < 4.78 is 1.71. The maximum absolute atomic E-state index is 4.13. The van der Waals surface area contributed by atoms with E-state index in [4.69, 9.17) is 0 Å². The van der Waals surface area contributed by atoms with E-state index in [1.54, 1.807) is 6.20 Å². The number of pyridine rings is 1. The summed E-state index contributed by atoms with van der Waals surface area (Å²) in [4.78, 5) is 4.81. The summed E-state index contributed by atoms with van der Waals surface area (Å²) in [6.45, 7) is 0. The summed E-state index contributed by atoms with van der Waals surface area (Å²) in [7, 11) is 0. The molecule has 1 nitrogen and oxygen atoms in total. The van der Waals surface area contributed by atoms with Gasteiger partial charge < -0.3 is 0 Å². The molecule has 1 rings (SSSR count). The minimum Gasteiger partial charge on any atom is -0.247 e. The van der Waals surface area contributed by atoms with Gasteiger partial charge in [0.1, 0.15) is 4.60 Å². The van der Waals surface area contributed by atoms with E-state index < -0.39 is 0 Å². The van der Waals surface area contributed by atoms with Crippen molar-refractivity contribution in [1.82, 2.24) is 4.98 Å². The molecule has 0 aliphatic carbocycles. The highest BCUT2D eigenvalue weighted by Gasteiger charge is 1.94. The van der Waals surface area contributed by atoms with Gasteiger partial charge in [0.2, 0.25) is 0 Å². The largest absolute Gasteiger partial charge is 0.247 e. The molecule has 0 bridgehead atoms. The van der Waals surface area contributed by atoms with Crippen LogP contribution >= 0.6 is 44.5 Å². The Balaban J connectivity index is 3.17. The lowest BCUT2D eigenvalue weighted by Crippen LogP contribution is -1.75. The van der Waals surface area contributed by atoms with Gasteiger partial charge in [-0.1, -0.05) is 0 Å². The van der Waals surface area contributed by atoms with E-state index in [-0.39, 0.29) is 0 Å². The molecule has 0 saturated carbocycles. The molecule has 0 radical (unpaired) electrons. The lowest BCUT2D eigenvalue weighted by atomic mass is 10.5. The number of aromatic nitrogens is 1. The molecule has 0 unspecified atom stereocenters. The second-order valence-electron chi connectivity index (χ2n) is 1.46. The third-order valence-corrected chi connectivity index (χ3v) is 2.50. The number of thiol groups is 1. The fourth-order valence-corrected chi connectivity index (χ4v) is 1.33. The van der Waals surface area contributed by atoms with Gasteiger partial charge in [-0.25, -0.2) is 4.98 Å². The molecule has 0 amide bonds. The van der Waals surface area contributed by atoms with Crippen LogP contribution in [0.5, 0.6) is 0 Å². The zero-order valence-corrected chi connectivity index (χ0v) is 8.37. The minimum atomic E-state index is 0.772. The molecule has 0 saturated heterocycles. The van der Waals surface area contributed by atoms with Crippen LogP contribution in [-0.2, 0) is 0 Å². The molecule has 0 aliphatic heterocycles. The molecule has 1 heterocycles. The van der Waals surface area contributed by atoms with Crippen molar-refractivity contribution < 1.29 is 0 Å². The number of nitrogens with zero attached hydrogens (tertiary/aromatic N) is 1. The summed E-state index contributed by atoms with van der Waals surface area (Å²) in [6.07, 6.45) is 1.71. The molecule has 9 heavy (non-hydrogen) atoms.